The molecule has 8 nitrogen and oxygen atoms in total. The van der Waals surface area contributed by atoms with Crippen LogP contribution in [0.5, 0.6) is 0 Å². The molecule has 23 heavy (non-hydrogen) atoms. The number of anilines is 1. The molecular weight excluding hydrogens is 298 g/mol. The fraction of sp³-hybridized carbons (Fsp3) is 0.200. The van der Waals surface area contributed by atoms with E-state index in [4.69, 9.17) is 5.73 Å². The Morgan fingerprint density at radius 3 is 2.61 bits per heavy atom. The second kappa shape index (κ2) is 6.73. The maximum Gasteiger partial charge on any atom is 0.269 e. The van der Waals surface area contributed by atoms with Crippen LogP contribution in [0.3, 0.4) is 0 Å². The van der Waals surface area contributed by atoms with Gasteiger partial charge in [-0.2, -0.15) is 5.10 Å². The molecule has 2 aromatic rings. The van der Waals surface area contributed by atoms with Gasteiger partial charge in [0.05, 0.1) is 12.2 Å². The molecule has 4 N–H and O–H groups in total. The third-order valence-electron chi connectivity index (χ3n) is 3.07. The van der Waals surface area contributed by atoms with Crippen LogP contribution in [0.15, 0.2) is 30.3 Å². The Bertz CT molecular complexity index is 766. The van der Waals surface area contributed by atoms with Crippen LogP contribution in [0.1, 0.15) is 26.5 Å². The van der Waals surface area contributed by atoms with Crippen LogP contribution >= 0.6 is 0 Å². The third kappa shape index (κ3) is 4.16. The number of carbonyl (C=O) groups excluding carboxylic acids is 3. The molecule has 0 fully saturated rings. The first-order valence-electron chi connectivity index (χ1n) is 6.85. The van der Waals surface area contributed by atoms with Crippen LogP contribution < -0.4 is 16.4 Å². The Hall–Kier alpha value is -3.16. The number of primary amides is 1. The van der Waals surface area contributed by atoms with E-state index in [0.717, 1.165) is 0 Å². The maximum absolute atomic E-state index is 12.0. The van der Waals surface area contributed by atoms with Gasteiger partial charge in [-0.15, -0.1) is 0 Å². The van der Waals surface area contributed by atoms with Gasteiger partial charge in [0, 0.05) is 18.3 Å². The predicted molar refractivity (Wildman–Crippen MR) is 83.9 cm³/mol. The molecule has 8 heteroatoms. The molecular formula is C15H17N5O3. The molecule has 0 bridgehead atoms. The standard InChI is InChI=1S/C15H17N5O3/c1-9-6-12(20(2)19-9)15(23)17-8-13(21)18-11-5-3-4-10(7-11)14(16)22/h3-7H,8H2,1-2H3,(H2,16,22)(H,17,23)(H,18,21). The highest BCUT2D eigenvalue weighted by Gasteiger charge is 2.13. The third-order valence-corrected chi connectivity index (χ3v) is 3.07. The molecule has 0 atom stereocenters. The van der Waals surface area contributed by atoms with Crippen LogP contribution in [0.2, 0.25) is 0 Å². The number of rotatable bonds is 5. The molecule has 0 saturated heterocycles. The fourth-order valence-electron chi connectivity index (χ4n) is 2.03. The number of amides is 3. The molecule has 0 aliphatic rings. The zero-order chi connectivity index (χ0) is 17.0. The SMILES string of the molecule is Cc1cc(C(=O)NCC(=O)Nc2cccc(C(N)=O)c2)n(C)n1. The molecule has 120 valence electrons. The summed E-state index contributed by atoms with van der Waals surface area (Å²) < 4.78 is 1.44. The molecule has 2 rings (SSSR count). The van der Waals surface area contributed by atoms with Gasteiger partial charge in [-0.05, 0) is 31.2 Å². The molecule has 1 aromatic heterocycles. The van der Waals surface area contributed by atoms with Gasteiger partial charge in [-0.3, -0.25) is 19.1 Å². The summed E-state index contributed by atoms with van der Waals surface area (Å²) in [5, 5.41) is 9.15. The van der Waals surface area contributed by atoms with Gasteiger partial charge in [0.2, 0.25) is 11.8 Å². The van der Waals surface area contributed by atoms with Gasteiger partial charge >= 0.3 is 0 Å². The number of hydrogen-bond donors (Lipinski definition) is 3. The van der Waals surface area contributed by atoms with Crippen LogP contribution in [0.25, 0.3) is 0 Å². The first-order chi connectivity index (χ1) is 10.9. The van der Waals surface area contributed by atoms with Crippen molar-refractivity contribution in [3.8, 4) is 0 Å². The highest BCUT2D eigenvalue weighted by atomic mass is 16.2. The van der Waals surface area contributed by atoms with Crippen molar-refractivity contribution in [2.45, 2.75) is 6.92 Å². The summed E-state index contributed by atoms with van der Waals surface area (Å²) in [6.45, 7) is 1.57. The summed E-state index contributed by atoms with van der Waals surface area (Å²) in [4.78, 5) is 34.9. The van der Waals surface area contributed by atoms with Crippen molar-refractivity contribution in [3.05, 3.63) is 47.3 Å². The fourth-order valence-corrected chi connectivity index (χ4v) is 2.03. The maximum atomic E-state index is 12.0. The van der Waals surface area contributed by atoms with Crippen LogP contribution in [0.4, 0.5) is 5.69 Å². The highest BCUT2D eigenvalue weighted by Crippen LogP contribution is 2.09. The van der Waals surface area contributed by atoms with Crippen molar-refractivity contribution >= 4 is 23.4 Å². The van der Waals surface area contributed by atoms with E-state index in [2.05, 4.69) is 15.7 Å². The number of nitrogens with one attached hydrogen (secondary N) is 2. The quantitative estimate of drug-likeness (QED) is 0.730. The van der Waals surface area contributed by atoms with Crippen molar-refractivity contribution in [1.29, 1.82) is 0 Å². The lowest BCUT2D eigenvalue weighted by molar-refractivity contribution is -0.115. The number of benzene rings is 1. The summed E-state index contributed by atoms with van der Waals surface area (Å²) in [6, 6.07) is 7.87. The van der Waals surface area contributed by atoms with Crippen molar-refractivity contribution < 1.29 is 14.4 Å². The van der Waals surface area contributed by atoms with E-state index < -0.39 is 17.7 Å². The summed E-state index contributed by atoms with van der Waals surface area (Å²) >= 11 is 0. The summed E-state index contributed by atoms with van der Waals surface area (Å²) in [7, 11) is 1.65. The highest BCUT2D eigenvalue weighted by molar-refractivity contribution is 5.99. The van der Waals surface area contributed by atoms with Crippen LogP contribution in [-0.4, -0.2) is 34.0 Å². The largest absolute Gasteiger partial charge is 0.366 e. The topological polar surface area (TPSA) is 119 Å². The lowest BCUT2D eigenvalue weighted by Crippen LogP contribution is -2.33. The second-order valence-electron chi connectivity index (χ2n) is 4.97. The Balaban J connectivity index is 1.92. The Labute approximate surface area is 132 Å². The minimum Gasteiger partial charge on any atom is -0.366 e. The van der Waals surface area contributed by atoms with E-state index in [1.54, 1.807) is 38.2 Å². The normalized spacial score (nSPS) is 10.2. The van der Waals surface area contributed by atoms with Gasteiger partial charge in [-0.25, -0.2) is 0 Å². The molecule has 1 heterocycles. The van der Waals surface area contributed by atoms with Crippen LogP contribution in [0, 0.1) is 6.92 Å². The zero-order valence-electron chi connectivity index (χ0n) is 12.8. The first-order valence-corrected chi connectivity index (χ1v) is 6.85. The van der Waals surface area contributed by atoms with Crippen LogP contribution in [-0.2, 0) is 11.8 Å². The van der Waals surface area contributed by atoms with Crippen molar-refractivity contribution in [3.63, 3.8) is 0 Å². The van der Waals surface area contributed by atoms with Gasteiger partial charge in [0.1, 0.15) is 5.69 Å². The van der Waals surface area contributed by atoms with Gasteiger partial charge in [0.25, 0.3) is 5.91 Å². The lowest BCUT2D eigenvalue weighted by Gasteiger charge is -2.08. The molecule has 0 saturated carbocycles. The van der Waals surface area contributed by atoms with E-state index in [1.807, 2.05) is 0 Å². The molecule has 0 unspecified atom stereocenters. The molecule has 0 radical (unpaired) electrons. The monoisotopic (exact) mass is 315 g/mol. The molecule has 1 aromatic carbocycles. The van der Waals surface area contributed by atoms with Gasteiger partial charge in [0.15, 0.2) is 0 Å². The van der Waals surface area contributed by atoms with E-state index in [9.17, 15) is 14.4 Å². The average Bonchev–Trinajstić information content (AvgIpc) is 2.84. The molecule has 0 aliphatic heterocycles. The molecule has 3 amide bonds. The number of carbonyl (C=O) groups is 3. The van der Waals surface area contributed by atoms with Crippen molar-refractivity contribution in [1.82, 2.24) is 15.1 Å². The second-order valence-corrected chi connectivity index (χ2v) is 4.97. The van der Waals surface area contributed by atoms with Gasteiger partial charge < -0.3 is 16.4 Å². The Morgan fingerprint density at radius 2 is 2.00 bits per heavy atom. The smallest absolute Gasteiger partial charge is 0.269 e. The van der Waals surface area contributed by atoms with E-state index >= 15 is 0 Å². The van der Waals surface area contributed by atoms with E-state index in [-0.39, 0.29) is 12.1 Å². The van der Waals surface area contributed by atoms with E-state index in [1.165, 1.54) is 10.7 Å². The summed E-state index contributed by atoms with van der Waals surface area (Å²) in [5.74, 6) is -1.39. The number of nitrogens with two attached hydrogens (primary N) is 1. The van der Waals surface area contributed by atoms with E-state index in [0.29, 0.717) is 17.1 Å². The minimum atomic E-state index is -0.582. The zero-order valence-corrected chi connectivity index (χ0v) is 12.8. The van der Waals surface area contributed by atoms with Crippen molar-refractivity contribution in [2.75, 3.05) is 11.9 Å². The minimum absolute atomic E-state index is 0.205. The number of hydrogen-bond acceptors (Lipinski definition) is 4. The number of aromatic nitrogens is 2. The summed E-state index contributed by atoms with van der Waals surface area (Å²) in [5.41, 5.74) is 6.97. The van der Waals surface area contributed by atoms with Crippen molar-refractivity contribution in [2.24, 2.45) is 12.8 Å². The number of aryl methyl sites for hydroxylation is 2. The Kier molecular flexibility index (Phi) is 4.75. The first kappa shape index (κ1) is 16.2. The lowest BCUT2D eigenvalue weighted by atomic mass is 10.2. The number of nitrogens with zero attached hydrogens (tertiary/aromatic N) is 2. The molecule has 0 aliphatic carbocycles. The Morgan fingerprint density at radius 1 is 1.26 bits per heavy atom. The predicted octanol–water partition coefficient (Wildman–Crippen LogP) is 0.196. The van der Waals surface area contributed by atoms with Gasteiger partial charge in [-0.1, -0.05) is 6.07 Å². The summed E-state index contributed by atoms with van der Waals surface area (Å²) in [6.07, 6.45) is 0. The molecule has 0 spiro atoms. The average molecular weight is 315 g/mol.